The van der Waals surface area contributed by atoms with E-state index in [1.54, 1.807) is 6.07 Å². The van der Waals surface area contributed by atoms with Crippen LogP contribution in [0.4, 0.5) is 4.39 Å². The van der Waals surface area contributed by atoms with Gasteiger partial charge in [-0.05, 0) is 12.1 Å². The number of halogens is 3. The van der Waals surface area contributed by atoms with Crippen molar-refractivity contribution in [2.75, 3.05) is 0 Å². The van der Waals surface area contributed by atoms with Crippen LogP contribution < -0.4 is 0 Å². The van der Waals surface area contributed by atoms with Crippen molar-refractivity contribution in [3.05, 3.63) is 29.8 Å². The Bertz CT molecular complexity index is 187. The number of alkyl halides is 1. The highest BCUT2D eigenvalue weighted by molar-refractivity contribution is 6.16. The van der Waals surface area contributed by atoms with Crippen molar-refractivity contribution < 1.29 is 4.39 Å². The SMILES string of the molecule is Cl.Fc1ccc(CCl)nc1. The molecule has 0 radical (unpaired) electrons. The Balaban J connectivity index is 0.000000810. The third-order valence-electron chi connectivity index (χ3n) is 0.926. The molecule has 1 rings (SSSR count). The molecule has 0 aliphatic heterocycles. The highest BCUT2D eigenvalue weighted by Gasteiger charge is 1.90. The van der Waals surface area contributed by atoms with Crippen LogP contribution in [0.2, 0.25) is 0 Å². The van der Waals surface area contributed by atoms with E-state index in [1.165, 1.54) is 6.07 Å². The van der Waals surface area contributed by atoms with Crippen molar-refractivity contribution in [3.8, 4) is 0 Å². The van der Waals surface area contributed by atoms with Gasteiger partial charge in [0.1, 0.15) is 5.82 Å². The van der Waals surface area contributed by atoms with E-state index in [1.807, 2.05) is 0 Å². The van der Waals surface area contributed by atoms with Gasteiger partial charge in [0, 0.05) is 0 Å². The summed E-state index contributed by atoms with van der Waals surface area (Å²) in [4.78, 5) is 3.69. The average molecular weight is 182 g/mol. The van der Waals surface area contributed by atoms with Crippen LogP contribution in [0.25, 0.3) is 0 Å². The topological polar surface area (TPSA) is 12.9 Å². The van der Waals surface area contributed by atoms with Crippen molar-refractivity contribution in [2.45, 2.75) is 5.88 Å². The summed E-state index contributed by atoms with van der Waals surface area (Å²) >= 11 is 5.39. The van der Waals surface area contributed by atoms with Gasteiger partial charge in [-0.1, -0.05) is 0 Å². The van der Waals surface area contributed by atoms with Gasteiger partial charge in [0.15, 0.2) is 0 Å². The van der Waals surface area contributed by atoms with Crippen molar-refractivity contribution in [1.29, 1.82) is 0 Å². The maximum absolute atomic E-state index is 12.1. The van der Waals surface area contributed by atoms with Crippen molar-refractivity contribution in [2.24, 2.45) is 0 Å². The fraction of sp³-hybridized carbons (Fsp3) is 0.167. The van der Waals surface area contributed by atoms with Crippen LogP contribution in [0, 0.1) is 5.82 Å². The molecule has 0 saturated heterocycles. The van der Waals surface area contributed by atoms with Gasteiger partial charge in [-0.2, -0.15) is 0 Å². The van der Waals surface area contributed by atoms with Crippen molar-refractivity contribution >= 4 is 24.0 Å². The lowest BCUT2D eigenvalue weighted by atomic mass is 10.4. The highest BCUT2D eigenvalue weighted by Crippen LogP contribution is 1.99. The molecular weight excluding hydrogens is 176 g/mol. The zero-order valence-corrected chi connectivity index (χ0v) is 6.62. The summed E-state index contributed by atoms with van der Waals surface area (Å²) in [6.07, 6.45) is 1.15. The largest absolute Gasteiger partial charge is 0.257 e. The minimum Gasteiger partial charge on any atom is -0.257 e. The summed E-state index contributed by atoms with van der Waals surface area (Å²) in [7, 11) is 0. The Kier molecular flexibility index (Phi) is 4.32. The number of hydrogen-bond acceptors (Lipinski definition) is 1. The summed E-state index contributed by atoms with van der Waals surface area (Å²) < 4.78 is 12.1. The molecule has 1 aromatic heterocycles. The second-order valence-electron chi connectivity index (χ2n) is 1.60. The molecule has 0 saturated carbocycles. The van der Waals surface area contributed by atoms with Crippen LogP contribution in [0.3, 0.4) is 0 Å². The van der Waals surface area contributed by atoms with E-state index >= 15 is 0 Å². The van der Waals surface area contributed by atoms with Gasteiger partial charge < -0.3 is 0 Å². The molecule has 1 nitrogen and oxygen atoms in total. The lowest BCUT2D eigenvalue weighted by Gasteiger charge is -1.90. The first-order chi connectivity index (χ1) is 4.33. The molecular formula is C6H6Cl2FN. The molecule has 0 amide bonds. The fourth-order valence-electron chi connectivity index (χ4n) is 0.485. The molecule has 0 aromatic carbocycles. The molecule has 0 fully saturated rings. The molecule has 10 heavy (non-hydrogen) atoms. The van der Waals surface area contributed by atoms with E-state index < -0.39 is 0 Å². The molecule has 1 heterocycles. The maximum atomic E-state index is 12.1. The number of pyridine rings is 1. The van der Waals surface area contributed by atoms with Gasteiger partial charge in [-0.15, -0.1) is 24.0 Å². The average Bonchev–Trinajstić information content (AvgIpc) is 1.90. The van der Waals surface area contributed by atoms with E-state index in [9.17, 15) is 4.39 Å². The predicted octanol–water partition coefficient (Wildman–Crippen LogP) is 2.38. The van der Waals surface area contributed by atoms with Crippen LogP contribution in [-0.4, -0.2) is 4.98 Å². The number of nitrogens with zero attached hydrogens (tertiary/aromatic N) is 1. The van der Waals surface area contributed by atoms with E-state index in [-0.39, 0.29) is 18.2 Å². The molecule has 4 heteroatoms. The van der Waals surface area contributed by atoms with E-state index in [0.717, 1.165) is 6.20 Å². The third kappa shape index (κ3) is 2.50. The van der Waals surface area contributed by atoms with Gasteiger partial charge in [0.25, 0.3) is 0 Å². The van der Waals surface area contributed by atoms with Crippen LogP contribution >= 0.6 is 24.0 Å². The van der Waals surface area contributed by atoms with Gasteiger partial charge in [0.05, 0.1) is 17.8 Å². The summed E-state index contributed by atoms with van der Waals surface area (Å²) in [5.74, 6) is 0.00386. The molecule has 0 N–H and O–H groups in total. The Labute approximate surface area is 69.6 Å². The molecule has 0 bridgehead atoms. The van der Waals surface area contributed by atoms with Gasteiger partial charge in [-0.25, -0.2) is 4.39 Å². The quantitative estimate of drug-likeness (QED) is 0.607. The Morgan fingerprint density at radius 2 is 2.20 bits per heavy atom. The third-order valence-corrected chi connectivity index (χ3v) is 1.20. The van der Waals surface area contributed by atoms with E-state index in [2.05, 4.69) is 4.98 Å². The summed E-state index contributed by atoms with van der Waals surface area (Å²) in [6.45, 7) is 0. The first-order valence-electron chi connectivity index (χ1n) is 2.49. The number of hydrogen-bond donors (Lipinski definition) is 0. The van der Waals surface area contributed by atoms with Gasteiger partial charge >= 0.3 is 0 Å². The van der Waals surface area contributed by atoms with E-state index in [0.29, 0.717) is 11.6 Å². The lowest BCUT2D eigenvalue weighted by molar-refractivity contribution is 0.620. The van der Waals surface area contributed by atoms with Crippen molar-refractivity contribution in [1.82, 2.24) is 4.98 Å². The van der Waals surface area contributed by atoms with Crippen molar-refractivity contribution in [3.63, 3.8) is 0 Å². The van der Waals surface area contributed by atoms with E-state index in [4.69, 9.17) is 11.6 Å². The first kappa shape index (κ1) is 9.66. The molecule has 0 unspecified atom stereocenters. The molecule has 0 aliphatic rings. The van der Waals surface area contributed by atoms with Gasteiger partial charge in [0.2, 0.25) is 0 Å². The zero-order valence-electron chi connectivity index (χ0n) is 5.05. The van der Waals surface area contributed by atoms with Gasteiger partial charge in [-0.3, -0.25) is 4.98 Å². The van der Waals surface area contributed by atoms with Crippen LogP contribution in [0.1, 0.15) is 5.69 Å². The smallest absolute Gasteiger partial charge is 0.141 e. The van der Waals surface area contributed by atoms with Crippen LogP contribution in [0.15, 0.2) is 18.3 Å². The van der Waals surface area contributed by atoms with Crippen LogP contribution in [0.5, 0.6) is 0 Å². The summed E-state index contributed by atoms with van der Waals surface area (Å²) in [5, 5.41) is 0. The second-order valence-corrected chi connectivity index (χ2v) is 1.87. The first-order valence-corrected chi connectivity index (χ1v) is 3.03. The minimum atomic E-state index is -0.330. The summed E-state index contributed by atoms with van der Waals surface area (Å²) in [5.41, 5.74) is 0.693. The molecule has 0 aliphatic carbocycles. The van der Waals surface area contributed by atoms with Crippen LogP contribution in [-0.2, 0) is 5.88 Å². The Morgan fingerprint density at radius 3 is 2.60 bits per heavy atom. The zero-order chi connectivity index (χ0) is 6.69. The molecule has 1 aromatic rings. The molecule has 0 spiro atoms. The lowest BCUT2D eigenvalue weighted by Crippen LogP contribution is -1.83. The molecule has 0 atom stereocenters. The minimum absolute atomic E-state index is 0. The normalized spacial score (nSPS) is 8.60. The summed E-state index contributed by atoms with van der Waals surface area (Å²) in [6, 6.07) is 2.90. The standard InChI is InChI=1S/C6H5ClFN.ClH/c7-3-6-2-1-5(8)4-9-6;/h1-2,4H,3H2;1H. The number of aromatic nitrogens is 1. The predicted molar refractivity (Wildman–Crippen MR) is 41.0 cm³/mol. The Morgan fingerprint density at radius 1 is 1.50 bits per heavy atom. The Hall–Kier alpha value is -0.340. The highest BCUT2D eigenvalue weighted by atomic mass is 35.5. The maximum Gasteiger partial charge on any atom is 0.141 e. The second kappa shape index (κ2) is 4.47. The fourth-order valence-corrected chi connectivity index (χ4v) is 0.644. The monoisotopic (exact) mass is 181 g/mol. The number of rotatable bonds is 1. The molecule has 56 valence electrons.